The molecule has 0 N–H and O–H groups in total. The van der Waals surface area contributed by atoms with Gasteiger partial charge in [0.2, 0.25) is 0 Å². The van der Waals surface area contributed by atoms with Crippen LogP contribution in [0, 0.1) is 13.8 Å². The molecular weight excluding hydrogens is 1050 g/mol. The molecule has 0 saturated heterocycles. The van der Waals surface area contributed by atoms with Crippen molar-refractivity contribution in [2.75, 3.05) is 0 Å². The van der Waals surface area contributed by atoms with Crippen LogP contribution < -0.4 is 0 Å². The Labute approximate surface area is 479 Å². The first-order chi connectivity index (χ1) is 37.5. The van der Waals surface area contributed by atoms with Crippen LogP contribution in [0.5, 0.6) is 0 Å². The number of benzene rings is 3. The normalized spacial score (nSPS) is 14.1. The zero-order valence-corrected chi connectivity index (χ0v) is 53.5. The van der Waals surface area contributed by atoms with Crippen molar-refractivity contribution < 1.29 is 0 Å². The van der Waals surface area contributed by atoms with E-state index in [2.05, 4.69) is 65.8 Å². The van der Waals surface area contributed by atoms with Crippen LogP contribution in [0.15, 0.2) is 24.3 Å². The van der Waals surface area contributed by atoms with Gasteiger partial charge in [0.05, 0.1) is 0 Å². The van der Waals surface area contributed by atoms with Crippen LogP contribution in [0.4, 0.5) is 0 Å². The van der Waals surface area contributed by atoms with Crippen LogP contribution in [0.25, 0.3) is 44.3 Å². The molecule has 6 heteroatoms. The fourth-order valence-corrected chi connectivity index (χ4v) is 17.1. The summed E-state index contributed by atoms with van der Waals surface area (Å²) in [4.78, 5) is 0. The van der Waals surface area contributed by atoms with E-state index in [0.717, 1.165) is 0 Å². The Bertz CT molecular complexity index is 2210. The summed E-state index contributed by atoms with van der Waals surface area (Å²) in [5.41, 5.74) is 20.0. The quantitative estimate of drug-likeness (QED) is 0.0288. The Morgan fingerprint density at radius 2 is 0.500 bits per heavy atom. The molecule has 0 fully saturated rings. The van der Waals surface area contributed by atoms with E-state index in [1.165, 1.54) is 338 Å². The fraction of sp³-hybridized carbons (Fsp3) is 0.743. The Hall–Kier alpha value is -2.10. The number of aromatic nitrogens is 4. The van der Waals surface area contributed by atoms with Gasteiger partial charge in [-0.3, -0.25) is 0 Å². The van der Waals surface area contributed by atoms with E-state index in [1.807, 2.05) is 0 Å². The molecule has 2 heterocycles. The molecule has 2 aromatic heterocycles. The molecule has 0 bridgehead atoms. The third-order valence-electron chi connectivity index (χ3n) is 19.0. The second-order valence-electron chi connectivity index (χ2n) is 25.0. The van der Waals surface area contributed by atoms with E-state index in [1.54, 1.807) is 22.3 Å². The Morgan fingerprint density at radius 1 is 0.276 bits per heavy atom. The van der Waals surface area contributed by atoms with Gasteiger partial charge in [0.1, 0.15) is 0 Å². The topological polar surface area (TPSA) is 51.6 Å². The first kappa shape index (κ1) is 61.5. The third kappa shape index (κ3) is 16.1. The molecule has 7 rings (SSSR count). The average Bonchev–Trinajstić information content (AvgIpc) is 4.38. The average molecular weight is 1170 g/mol. The molecule has 2 aliphatic carbocycles. The number of nitrogens with zero attached hydrogens (tertiary/aromatic N) is 4. The van der Waals surface area contributed by atoms with Crippen LogP contribution in [-0.2, 0) is 10.8 Å². The van der Waals surface area contributed by atoms with Crippen molar-refractivity contribution in [3.05, 3.63) is 57.6 Å². The van der Waals surface area contributed by atoms with E-state index >= 15 is 0 Å². The van der Waals surface area contributed by atoms with E-state index in [9.17, 15) is 0 Å². The van der Waals surface area contributed by atoms with Gasteiger partial charge >= 0.3 is 352 Å². The van der Waals surface area contributed by atoms with Crippen molar-refractivity contribution in [1.29, 1.82) is 0 Å². The van der Waals surface area contributed by atoms with Gasteiger partial charge < -0.3 is 0 Å². The second kappa shape index (κ2) is 33.6. The standard InChI is InChI=1S/C70H110N4Se2/c1-7-11-15-19-23-27-31-35-39-43-47-69(48-44-40-36-32-28-24-20-16-12-8-2)59-53-58-60(54-57(59)63-61(69)51-55(5)65-67(63)73-75-71-65)70(49-45-41-37-33-29-25-21-17-13-9-3,50-46-42-38-34-30-26-22-18-14-10-4)62-52-56(6)66-68(64(58)62)74-76-72-66/h51-54H,7-50H2,1-6H3. The van der Waals surface area contributed by atoms with Crippen molar-refractivity contribution in [2.45, 2.75) is 335 Å². The molecule has 0 saturated carbocycles. The predicted octanol–water partition coefficient (Wildman–Crippen LogP) is 22.1. The van der Waals surface area contributed by atoms with Gasteiger partial charge in [-0.1, -0.05) is 130 Å². The molecule has 3 aromatic carbocycles. The molecule has 4 nitrogen and oxygen atoms in total. The molecule has 0 radical (unpaired) electrons. The molecule has 0 aliphatic heterocycles. The van der Waals surface area contributed by atoms with Crippen LogP contribution in [-0.4, -0.2) is 45.8 Å². The molecule has 0 atom stereocenters. The van der Waals surface area contributed by atoms with Gasteiger partial charge in [-0.25, -0.2) is 0 Å². The summed E-state index contributed by atoms with van der Waals surface area (Å²) in [7, 11) is 0. The molecule has 76 heavy (non-hydrogen) atoms. The summed E-state index contributed by atoms with van der Waals surface area (Å²) >= 11 is -0.152. The van der Waals surface area contributed by atoms with Gasteiger partial charge in [0, 0.05) is 0 Å². The molecule has 0 spiro atoms. The monoisotopic (exact) mass is 1170 g/mol. The minimum absolute atomic E-state index is 0.0112. The van der Waals surface area contributed by atoms with Gasteiger partial charge in [-0.15, -0.1) is 0 Å². The summed E-state index contributed by atoms with van der Waals surface area (Å²) in [6.45, 7) is 14.1. The zero-order chi connectivity index (χ0) is 53.3. The third-order valence-corrected chi connectivity index (χ3v) is 21.3. The number of hydrogen-bond donors (Lipinski definition) is 0. The first-order valence-electron chi connectivity index (χ1n) is 33.2. The summed E-state index contributed by atoms with van der Waals surface area (Å²) in [5.74, 6) is 0. The maximum absolute atomic E-state index is 5.42. The van der Waals surface area contributed by atoms with Crippen LogP contribution in [0.1, 0.15) is 344 Å². The molecule has 0 amide bonds. The summed E-state index contributed by atoms with van der Waals surface area (Å²) in [5, 5.41) is 0. The van der Waals surface area contributed by atoms with Crippen molar-refractivity contribution in [1.82, 2.24) is 15.9 Å². The predicted molar refractivity (Wildman–Crippen MR) is 334 cm³/mol. The van der Waals surface area contributed by atoms with E-state index in [0.29, 0.717) is 0 Å². The van der Waals surface area contributed by atoms with Crippen LogP contribution >= 0.6 is 0 Å². The van der Waals surface area contributed by atoms with Gasteiger partial charge in [-0.05, 0) is 0 Å². The summed E-state index contributed by atoms with van der Waals surface area (Å²) in [6, 6.07) is 11.0. The number of unbranched alkanes of at least 4 members (excludes halogenated alkanes) is 36. The van der Waals surface area contributed by atoms with Crippen LogP contribution in [0.2, 0.25) is 0 Å². The number of aryl methyl sites for hydroxylation is 2. The maximum atomic E-state index is 5.42. The van der Waals surface area contributed by atoms with Crippen molar-refractivity contribution in [3.8, 4) is 22.3 Å². The number of hydrogen-bond acceptors (Lipinski definition) is 4. The Kier molecular flexibility index (Phi) is 27.2. The minimum atomic E-state index is -0.0761. The first-order valence-corrected chi connectivity index (χ1v) is 36.2. The Balaban J connectivity index is 1.25. The SMILES string of the molecule is CCCCCCCCCCCCC1(CCCCCCCCCCCC)c2cc3c(cc2-c2c1cc(C)c1n[se]nc21)C(CCCCCCCCCCCC)(CCCCCCCCCCCC)c1cc(C)c2n[se]nc2c1-3. The fourth-order valence-electron chi connectivity index (χ4n) is 14.6. The Morgan fingerprint density at radius 3 is 0.750 bits per heavy atom. The van der Waals surface area contributed by atoms with Crippen LogP contribution in [0.3, 0.4) is 0 Å². The van der Waals surface area contributed by atoms with Crippen molar-refractivity contribution >= 4 is 52.0 Å². The van der Waals surface area contributed by atoms with E-state index in [4.69, 9.17) is 15.9 Å². The number of fused-ring (bicyclic) bond motifs is 10. The molecule has 0 unspecified atom stereocenters. The van der Waals surface area contributed by atoms with Gasteiger partial charge in [0.15, 0.2) is 0 Å². The summed E-state index contributed by atoms with van der Waals surface area (Å²) in [6.07, 6.45) is 60.2. The molecule has 5 aromatic rings. The van der Waals surface area contributed by atoms with Gasteiger partial charge in [-0.2, -0.15) is 0 Å². The van der Waals surface area contributed by atoms with E-state index in [-0.39, 0.29) is 40.8 Å². The molecule has 2 aliphatic rings. The van der Waals surface area contributed by atoms with Crippen molar-refractivity contribution in [2.24, 2.45) is 0 Å². The summed E-state index contributed by atoms with van der Waals surface area (Å²) < 4.78 is 21.2. The molecule has 422 valence electrons. The van der Waals surface area contributed by atoms with Gasteiger partial charge in [0.25, 0.3) is 0 Å². The molecular formula is C70H110N4Se2. The second-order valence-corrected chi connectivity index (χ2v) is 27.2. The van der Waals surface area contributed by atoms with E-state index < -0.39 is 0 Å². The zero-order valence-electron chi connectivity index (χ0n) is 50.0. The number of rotatable bonds is 44. The van der Waals surface area contributed by atoms with Crippen molar-refractivity contribution in [3.63, 3.8) is 0 Å².